The van der Waals surface area contributed by atoms with Crippen LogP contribution in [0.5, 0.6) is 0 Å². The normalized spacial score (nSPS) is 19.4. The van der Waals surface area contributed by atoms with Gasteiger partial charge in [0.05, 0.1) is 12.1 Å². The Morgan fingerprint density at radius 1 is 1.03 bits per heavy atom. The quantitative estimate of drug-likeness (QED) is 0.364. The maximum absolute atomic E-state index is 13.8. The number of amides is 3. The Hall–Kier alpha value is -2.52. The van der Waals surface area contributed by atoms with Crippen molar-refractivity contribution in [1.29, 1.82) is 0 Å². The Bertz CT molecular complexity index is 1090. The van der Waals surface area contributed by atoms with Gasteiger partial charge < -0.3 is 21.5 Å². The Morgan fingerprint density at radius 2 is 1.76 bits per heavy atom. The smallest absolute Gasteiger partial charge is 0.247 e. The van der Waals surface area contributed by atoms with E-state index in [4.69, 9.17) is 5.73 Å². The highest BCUT2D eigenvalue weighted by Crippen LogP contribution is 2.28. The zero-order valence-electron chi connectivity index (χ0n) is 21.9. The van der Waals surface area contributed by atoms with Crippen molar-refractivity contribution in [3.8, 4) is 0 Å². The molecule has 2 aromatic carbocycles. The molecular weight excluding hydrogens is 504 g/mol. The molecule has 1 saturated carbocycles. The van der Waals surface area contributed by atoms with E-state index in [-0.39, 0.29) is 56.1 Å². The minimum absolute atomic E-state index is 0. The summed E-state index contributed by atoms with van der Waals surface area (Å²) in [6, 6.07) is 12.4. The molecule has 0 bridgehead atoms. The fourth-order valence-corrected chi connectivity index (χ4v) is 5.56. The highest BCUT2D eigenvalue weighted by Gasteiger charge is 2.39. The van der Waals surface area contributed by atoms with Gasteiger partial charge in [-0.3, -0.25) is 19.3 Å². The number of nitrogens with zero attached hydrogens (tertiary/aromatic N) is 1. The van der Waals surface area contributed by atoms with Gasteiger partial charge in [0.1, 0.15) is 6.04 Å². The largest absolute Gasteiger partial charge is 0.390 e. The third-order valence-corrected chi connectivity index (χ3v) is 7.69. The van der Waals surface area contributed by atoms with Gasteiger partial charge in [-0.25, -0.2) is 0 Å². The number of benzene rings is 2. The highest BCUT2D eigenvalue weighted by atomic mass is 35.5. The summed E-state index contributed by atoms with van der Waals surface area (Å²) < 4.78 is 0. The van der Waals surface area contributed by atoms with Crippen LogP contribution < -0.4 is 16.4 Å². The van der Waals surface area contributed by atoms with E-state index in [1.807, 2.05) is 42.5 Å². The summed E-state index contributed by atoms with van der Waals surface area (Å²) in [6.45, 7) is 0.681. The van der Waals surface area contributed by atoms with Gasteiger partial charge in [-0.15, -0.1) is 12.4 Å². The number of imide groups is 1. The summed E-state index contributed by atoms with van der Waals surface area (Å²) in [5, 5.41) is 18.0. The van der Waals surface area contributed by atoms with Crippen molar-refractivity contribution in [3.05, 3.63) is 48.0 Å². The van der Waals surface area contributed by atoms with Crippen molar-refractivity contribution in [2.75, 3.05) is 19.6 Å². The zero-order valence-corrected chi connectivity index (χ0v) is 22.8. The second-order valence-corrected chi connectivity index (χ2v) is 10.5. The summed E-state index contributed by atoms with van der Waals surface area (Å²) >= 11 is 0. The van der Waals surface area contributed by atoms with Gasteiger partial charge in [0.2, 0.25) is 17.7 Å². The van der Waals surface area contributed by atoms with E-state index in [9.17, 15) is 19.5 Å². The molecule has 208 valence electrons. The molecule has 2 aliphatic rings. The number of fused-ring (bicyclic) bond motifs is 1. The van der Waals surface area contributed by atoms with Crippen molar-refractivity contribution in [2.24, 2.45) is 11.7 Å². The number of nitrogens with one attached hydrogen (secondary N) is 2. The number of carbonyl (C=O) groups is 3. The van der Waals surface area contributed by atoms with Crippen LogP contribution in [0.2, 0.25) is 0 Å². The van der Waals surface area contributed by atoms with Gasteiger partial charge in [-0.2, -0.15) is 0 Å². The summed E-state index contributed by atoms with van der Waals surface area (Å²) in [7, 11) is 0. The van der Waals surface area contributed by atoms with Crippen molar-refractivity contribution in [3.63, 3.8) is 0 Å². The number of hydrogen-bond donors (Lipinski definition) is 4. The summed E-state index contributed by atoms with van der Waals surface area (Å²) in [6.07, 6.45) is 6.37. The third-order valence-electron chi connectivity index (χ3n) is 7.69. The molecule has 0 aromatic heterocycles. The standard InChI is InChI=1S/C29H40N4O4.ClH/c30-18-24(34)19-32-28(36)26(16-21-12-13-22-9-4-5-10-23(22)15-21)33(29(37)25-11-6-14-31-25)27(35)17-20-7-2-1-3-8-20;/h4-5,9-10,12-13,15,20,24-26,31,34H,1-3,6-8,11,14,16-19,30H2,(H,32,36);1H/t24?,25-,26+;/m0./s1. The van der Waals surface area contributed by atoms with Gasteiger partial charge in [0, 0.05) is 25.9 Å². The van der Waals surface area contributed by atoms with Gasteiger partial charge >= 0.3 is 0 Å². The Morgan fingerprint density at radius 3 is 2.45 bits per heavy atom. The van der Waals surface area contributed by atoms with Crippen LogP contribution in [0.4, 0.5) is 0 Å². The molecule has 3 atom stereocenters. The van der Waals surface area contributed by atoms with Crippen LogP contribution in [0.1, 0.15) is 56.9 Å². The van der Waals surface area contributed by atoms with E-state index in [1.54, 1.807) is 0 Å². The molecule has 1 aliphatic heterocycles. The van der Waals surface area contributed by atoms with Crippen LogP contribution in [0.25, 0.3) is 10.8 Å². The molecule has 0 spiro atoms. The Kier molecular flexibility index (Phi) is 11.5. The first-order valence-corrected chi connectivity index (χ1v) is 13.7. The van der Waals surface area contributed by atoms with E-state index in [0.29, 0.717) is 13.0 Å². The number of carbonyl (C=O) groups excluding carboxylic acids is 3. The van der Waals surface area contributed by atoms with Gasteiger partial charge in [-0.05, 0) is 54.5 Å². The third kappa shape index (κ3) is 7.76. The fourth-order valence-electron chi connectivity index (χ4n) is 5.56. The van der Waals surface area contributed by atoms with Crippen LogP contribution in [-0.4, -0.2) is 65.5 Å². The first kappa shape index (κ1) is 30.0. The number of aliphatic hydroxyl groups is 1. The first-order chi connectivity index (χ1) is 18.0. The van der Waals surface area contributed by atoms with E-state index in [0.717, 1.165) is 48.4 Å². The molecule has 8 nitrogen and oxygen atoms in total. The molecule has 1 heterocycles. The number of halogens is 1. The fraction of sp³-hybridized carbons (Fsp3) is 0.552. The second kappa shape index (κ2) is 14.6. The topological polar surface area (TPSA) is 125 Å². The van der Waals surface area contributed by atoms with Gasteiger partial charge in [0.25, 0.3) is 0 Å². The lowest BCUT2D eigenvalue weighted by Crippen LogP contribution is -2.58. The summed E-state index contributed by atoms with van der Waals surface area (Å²) in [4.78, 5) is 42.3. The lowest BCUT2D eigenvalue weighted by atomic mass is 9.86. The van der Waals surface area contributed by atoms with Crippen molar-refractivity contribution in [2.45, 2.75) is 76.0 Å². The minimum Gasteiger partial charge on any atom is -0.390 e. The first-order valence-electron chi connectivity index (χ1n) is 13.7. The highest BCUT2D eigenvalue weighted by molar-refractivity contribution is 6.02. The van der Waals surface area contributed by atoms with Gasteiger partial charge in [0.15, 0.2) is 0 Å². The molecule has 5 N–H and O–H groups in total. The monoisotopic (exact) mass is 544 g/mol. The Balaban J connectivity index is 0.00000400. The molecule has 38 heavy (non-hydrogen) atoms. The number of rotatable bonds is 10. The van der Waals surface area contributed by atoms with Crippen molar-refractivity contribution in [1.82, 2.24) is 15.5 Å². The molecule has 9 heteroatoms. The van der Waals surface area contributed by atoms with Crippen LogP contribution in [0.3, 0.4) is 0 Å². The average molecular weight is 545 g/mol. The van der Waals surface area contributed by atoms with E-state index >= 15 is 0 Å². The van der Waals surface area contributed by atoms with Crippen molar-refractivity contribution < 1.29 is 19.5 Å². The predicted molar refractivity (Wildman–Crippen MR) is 151 cm³/mol. The van der Waals surface area contributed by atoms with Crippen LogP contribution in [0.15, 0.2) is 42.5 Å². The minimum atomic E-state index is -1.02. The molecule has 2 aromatic rings. The molecule has 3 amide bonds. The molecule has 2 fully saturated rings. The van der Waals surface area contributed by atoms with Crippen LogP contribution in [-0.2, 0) is 20.8 Å². The summed E-state index contributed by atoms with van der Waals surface area (Å²) in [5.41, 5.74) is 6.39. The number of hydrogen-bond acceptors (Lipinski definition) is 6. The molecule has 1 unspecified atom stereocenters. The molecular formula is C29H41ClN4O4. The average Bonchev–Trinajstić information content (AvgIpc) is 3.47. The lowest BCUT2D eigenvalue weighted by Gasteiger charge is -2.33. The Labute approximate surface area is 231 Å². The SMILES string of the molecule is Cl.NCC(O)CNC(=O)[C@@H](Cc1ccc2ccccc2c1)N(C(=O)CC1CCCCC1)C(=O)[C@@H]1CCCN1. The maximum atomic E-state index is 13.8. The molecule has 1 aliphatic carbocycles. The maximum Gasteiger partial charge on any atom is 0.247 e. The van der Waals surface area contributed by atoms with E-state index < -0.39 is 24.1 Å². The zero-order chi connectivity index (χ0) is 26.2. The van der Waals surface area contributed by atoms with E-state index in [1.165, 1.54) is 11.3 Å². The van der Waals surface area contributed by atoms with Crippen LogP contribution in [0, 0.1) is 5.92 Å². The van der Waals surface area contributed by atoms with Crippen LogP contribution >= 0.6 is 12.4 Å². The second-order valence-electron chi connectivity index (χ2n) is 10.5. The van der Waals surface area contributed by atoms with Gasteiger partial charge in [-0.1, -0.05) is 61.7 Å². The molecule has 1 saturated heterocycles. The molecule has 4 rings (SSSR count). The number of nitrogens with two attached hydrogens (primary N) is 1. The predicted octanol–water partition coefficient (Wildman–Crippen LogP) is 2.69. The lowest BCUT2D eigenvalue weighted by molar-refractivity contribution is -0.153. The summed E-state index contributed by atoms with van der Waals surface area (Å²) in [5.74, 6) is -0.843. The van der Waals surface area contributed by atoms with Crippen molar-refractivity contribution >= 4 is 40.9 Å². The molecule has 0 radical (unpaired) electrons. The van der Waals surface area contributed by atoms with E-state index in [2.05, 4.69) is 10.6 Å². The number of aliphatic hydroxyl groups excluding tert-OH is 1.